The molecular formula is C20H24F2N4O2S. The number of aromatic nitrogens is 1. The third kappa shape index (κ3) is 6.04. The number of aryl methyl sites for hydroxylation is 1. The minimum absolute atomic E-state index is 0.0868. The van der Waals surface area contributed by atoms with Gasteiger partial charge in [0.1, 0.15) is 11.6 Å². The number of anilines is 3. The highest BCUT2D eigenvalue weighted by Gasteiger charge is 2.34. The van der Waals surface area contributed by atoms with Crippen molar-refractivity contribution in [2.45, 2.75) is 25.7 Å². The molecule has 1 fully saturated rings. The highest BCUT2D eigenvalue weighted by Crippen LogP contribution is 2.30. The SMILES string of the molecule is Cc1cc(NC(=O)c2ccc(NSCCO)cc2)nc(N2CCC(F)(F)CC2)c1. The Kier molecular flexibility index (Phi) is 6.92. The molecule has 1 aromatic carbocycles. The minimum atomic E-state index is -2.62. The summed E-state index contributed by atoms with van der Waals surface area (Å²) < 4.78 is 29.9. The van der Waals surface area contributed by atoms with Crippen LogP contribution in [0.25, 0.3) is 0 Å². The van der Waals surface area contributed by atoms with Crippen LogP contribution in [0.4, 0.5) is 26.1 Å². The zero-order chi connectivity index (χ0) is 20.9. The zero-order valence-corrected chi connectivity index (χ0v) is 16.9. The lowest BCUT2D eigenvalue weighted by Crippen LogP contribution is -2.39. The molecule has 6 nitrogen and oxygen atoms in total. The third-order valence-corrected chi connectivity index (χ3v) is 5.31. The molecular weight excluding hydrogens is 398 g/mol. The Morgan fingerprint density at radius 2 is 1.93 bits per heavy atom. The summed E-state index contributed by atoms with van der Waals surface area (Å²) in [6.45, 7) is 2.44. The van der Waals surface area contributed by atoms with Crippen molar-refractivity contribution in [3.63, 3.8) is 0 Å². The lowest BCUT2D eigenvalue weighted by atomic mass is 10.1. The van der Waals surface area contributed by atoms with E-state index in [0.29, 0.717) is 23.0 Å². The largest absolute Gasteiger partial charge is 0.395 e. The van der Waals surface area contributed by atoms with Crippen LogP contribution in [0.1, 0.15) is 28.8 Å². The van der Waals surface area contributed by atoms with Crippen LogP contribution in [0.5, 0.6) is 0 Å². The first kappa shape index (κ1) is 21.3. The van der Waals surface area contributed by atoms with Crippen molar-refractivity contribution in [3.05, 3.63) is 47.5 Å². The molecule has 0 unspecified atom stereocenters. The fourth-order valence-corrected chi connectivity index (χ4v) is 3.49. The molecule has 3 rings (SSSR count). The quantitative estimate of drug-likeness (QED) is 0.464. The van der Waals surface area contributed by atoms with Crippen molar-refractivity contribution in [3.8, 4) is 0 Å². The van der Waals surface area contributed by atoms with Gasteiger partial charge in [-0.25, -0.2) is 13.8 Å². The van der Waals surface area contributed by atoms with Gasteiger partial charge in [-0.15, -0.1) is 0 Å². The van der Waals surface area contributed by atoms with E-state index in [4.69, 9.17) is 5.11 Å². The van der Waals surface area contributed by atoms with Gasteiger partial charge >= 0.3 is 0 Å². The molecule has 9 heteroatoms. The van der Waals surface area contributed by atoms with E-state index in [1.165, 1.54) is 11.9 Å². The Morgan fingerprint density at radius 3 is 2.59 bits per heavy atom. The second kappa shape index (κ2) is 9.41. The topological polar surface area (TPSA) is 77.5 Å². The Bertz CT molecular complexity index is 839. The molecule has 1 saturated heterocycles. The summed E-state index contributed by atoms with van der Waals surface area (Å²) in [5.74, 6) is -1.36. The monoisotopic (exact) mass is 422 g/mol. The summed E-state index contributed by atoms with van der Waals surface area (Å²) in [6, 6.07) is 10.5. The first-order valence-electron chi connectivity index (χ1n) is 9.38. The molecule has 29 heavy (non-hydrogen) atoms. The van der Waals surface area contributed by atoms with Crippen LogP contribution in [0.15, 0.2) is 36.4 Å². The molecule has 0 saturated carbocycles. The summed E-state index contributed by atoms with van der Waals surface area (Å²) in [7, 11) is 0. The number of benzene rings is 1. The maximum atomic E-state index is 13.4. The number of alkyl halides is 2. The number of piperidine rings is 1. The van der Waals surface area contributed by atoms with Crippen molar-refractivity contribution in [2.24, 2.45) is 0 Å². The van der Waals surface area contributed by atoms with E-state index in [-0.39, 0.29) is 38.4 Å². The zero-order valence-electron chi connectivity index (χ0n) is 16.1. The first-order chi connectivity index (χ1) is 13.9. The number of halogens is 2. The molecule has 1 amide bonds. The van der Waals surface area contributed by atoms with Crippen LogP contribution in [0.2, 0.25) is 0 Å². The summed E-state index contributed by atoms with van der Waals surface area (Å²) in [6.07, 6.45) is -0.386. The van der Waals surface area contributed by atoms with Gasteiger partial charge in [0.25, 0.3) is 11.8 Å². The number of amides is 1. The fraction of sp³-hybridized carbons (Fsp3) is 0.400. The number of hydrogen-bond acceptors (Lipinski definition) is 6. The molecule has 0 radical (unpaired) electrons. The summed E-state index contributed by atoms with van der Waals surface area (Å²) in [5.41, 5.74) is 2.20. The number of hydrogen-bond donors (Lipinski definition) is 3. The lowest BCUT2D eigenvalue weighted by molar-refractivity contribution is -0.0221. The average Bonchev–Trinajstić information content (AvgIpc) is 2.68. The van der Waals surface area contributed by atoms with Gasteiger partial charge in [0, 0.05) is 42.9 Å². The maximum absolute atomic E-state index is 13.4. The average molecular weight is 423 g/mol. The number of nitrogens with zero attached hydrogens (tertiary/aromatic N) is 2. The molecule has 2 heterocycles. The molecule has 0 aliphatic carbocycles. The van der Waals surface area contributed by atoms with Gasteiger partial charge in [0.15, 0.2) is 0 Å². The Balaban J connectivity index is 1.65. The fourth-order valence-electron chi connectivity index (χ4n) is 3.00. The second-order valence-electron chi connectivity index (χ2n) is 6.94. The first-order valence-corrected chi connectivity index (χ1v) is 10.4. The maximum Gasteiger partial charge on any atom is 0.256 e. The van der Waals surface area contributed by atoms with Crippen LogP contribution < -0.4 is 14.9 Å². The summed E-state index contributed by atoms with van der Waals surface area (Å²) in [4.78, 5) is 18.8. The standard InChI is InChI=1S/C20H24F2N4O2S/c1-14-12-17(23-18(13-14)26-8-6-20(21,22)7-9-26)24-19(28)15-2-4-16(5-3-15)25-29-11-10-27/h2-5,12-13,25,27H,6-11H2,1H3,(H,23,24,28). The van der Waals surface area contributed by atoms with Gasteiger partial charge in [-0.3, -0.25) is 4.79 Å². The minimum Gasteiger partial charge on any atom is -0.395 e. The van der Waals surface area contributed by atoms with E-state index in [9.17, 15) is 13.6 Å². The van der Waals surface area contributed by atoms with Crippen LogP contribution >= 0.6 is 11.9 Å². The molecule has 3 N–H and O–H groups in total. The van der Waals surface area contributed by atoms with E-state index in [1.807, 2.05) is 17.9 Å². The molecule has 0 atom stereocenters. The van der Waals surface area contributed by atoms with Crippen LogP contribution in [0.3, 0.4) is 0 Å². The smallest absolute Gasteiger partial charge is 0.256 e. The number of rotatable bonds is 7. The van der Waals surface area contributed by atoms with Gasteiger partial charge in [-0.05, 0) is 48.9 Å². The van der Waals surface area contributed by atoms with E-state index in [1.54, 1.807) is 30.3 Å². The predicted molar refractivity (Wildman–Crippen MR) is 113 cm³/mol. The predicted octanol–water partition coefficient (Wildman–Crippen LogP) is 3.93. The van der Waals surface area contributed by atoms with Gasteiger partial charge in [0.2, 0.25) is 0 Å². The van der Waals surface area contributed by atoms with Crippen LogP contribution in [-0.2, 0) is 0 Å². The molecule has 156 valence electrons. The van der Waals surface area contributed by atoms with Crippen molar-refractivity contribution in [2.75, 3.05) is 40.4 Å². The normalized spacial score (nSPS) is 15.8. The Labute approximate surface area is 172 Å². The van der Waals surface area contributed by atoms with Crippen molar-refractivity contribution in [1.82, 2.24) is 4.98 Å². The van der Waals surface area contributed by atoms with Crippen molar-refractivity contribution >= 4 is 35.2 Å². The number of pyridine rings is 1. The molecule has 1 aliphatic heterocycles. The van der Waals surface area contributed by atoms with E-state index >= 15 is 0 Å². The van der Waals surface area contributed by atoms with Gasteiger partial charge in [-0.1, -0.05) is 11.9 Å². The van der Waals surface area contributed by atoms with Crippen molar-refractivity contribution in [1.29, 1.82) is 0 Å². The van der Waals surface area contributed by atoms with E-state index in [0.717, 1.165) is 11.3 Å². The Hall–Kier alpha value is -2.39. The second-order valence-corrected chi connectivity index (χ2v) is 7.84. The molecule has 1 aromatic heterocycles. The lowest BCUT2D eigenvalue weighted by Gasteiger charge is -2.32. The van der Waals surface area contributed by atoms with Gasteiger partial charge < -0.3 is 20.0 Å². The number of carbonyl (C=O) groups excluding carboxylic acids is 1. The number of carbonyl (C=O) groups is 1. The van der Waals surface area contributed by atoms with Crippen LogP contribution in [-0.4, -0.2) is 47.4 Å². The van der Waals surface area contributed by atoms with Crippen molar-refractivity contribution < 1.29 is 18.7 Å². The molecule has 0 spiro atoms. The molecule has 1 aliphatic rings. The number of aliphatic hydroxyl groups excluding tert-OH is 1. The number of aliphatic hydroxyl groups is 1. The summed E-state index contributed by atoms with van der Waals surface area (Å²) >= 11 is 1.38. The number of nitrogens with one attached hydrogen (secondary N) is 2. The van der Waals surface area contributed by atoms with Gasteiger partial charge in [-0.2, -0.15) is 0 Å². The highest BCUT2D eigenvalue weighted by molar-refractivity contribution is 8.00. The third-order valence-electron chi connectivity index (χ3n) is 4.55. The highest BCUT2D eigenvalue weighted by atomic mass is 32.2. The van der Waals surface area contributed by atoms with Gasteiger partial charge in [0.05, 0.1) is 6.61 Å². The molecule has 0 bridgehead atoms. The van der Waals surface area contributed by atoms with E-state index in [2.05, 4.69) is 15.0 Å². The summed E-state index contributed by atoms with van der Waals surface area (Å²) in [5, 5.41) is 11.6. The van der Waals surface area contributed by atoms with E-state index < -0.39 is 5.92 Å². The van der Waals surface area contributed by atoms with Crippen LogP contribution in [0, 0.1) is 6.92 Å². The molecule has 2 aromatic rings. The Morgan fingerprint density at radius 1 is 1.24 bits per heavy atom.